The number of hydrogen-bond donors (Lipinski definition) is 0. The Hall–Kier alpha value is -1.23. The molecular formula is C22H26BrFN2. The van der Waals surface area contributed by atoms with Gasteiger partial charge in [0.2, 0.25) is 0 Å². The Morgan fingerprint density at radius 2 is 1.77 bits per heavy atom. The van der Waals surface area contributed by atoms with Crippen LogP contribution in [0.25, 0.3) is 0 Å². The Balaban J connectivity index is 1.69. The predicted octanol–water partition coefficient (Wildman–Crippen LogP) is 5.19. The number of halogens is 2. The van der Waals surface area contributed by atoms with Gasteiger partial charge in [0.1, 0.15) is 5.82 Å². The summed E-state index contributed by atoms with van der Waals surface area (Å²) in [5.74, 6) is 0.173. The average Bonchev–Trinajstić information content (AvgIpc) is 2.96. The standard InChI is InChI=1S/C22H26BrFN2/c1-22(2)14-26(11-10-25(22)3)21-13-19(15-4-7-17(24)8-5-15)18-9-6-16(23)12-20(18)21/h4-9,12,19,21H,10-11,13-14H2,1-3H3/t19-,21+/m0/s1. The fourth-order valence-corrected chi connectivity index (χ4v) is 4.91. The van der Waals surface area contributed by atoms with Gasteiger partial charge < -0.3 is 0 Å². The third kappa shape index (κ3) is 3.23. The summed E-state index contributed by atoms with van der Waals surface area (Å²) in [6.07, 6.45) is 1.07. The SMILES string of the molecule is CN1CCN([C@@H]2C[C@@H](c3ccc(F)cc3)c3ccc(Br)cc32)CC1(C)C. The van der Waals surface area contributed by atoms with Crippen LogP contribution in [0.2, 0.25) is 0 Å². The molecule has 138 valence electrons. The molecule has 1 aliphatic carbocycles. The molecule has 4 heteroatoms. The van der Waals surface area contributed by atoms with E-state index < -0.39 is 0 Å². The molecular weight excluding hydrogens is 391 g/mol. The quantitative estimate of drug-likeness (QED) is 0.664. The fourth-order valence-electron chi connectivity index (χ4n) is 4.53. The van der Waals surface area contributed by atoms with Gasteiger partial charge in [0.25, 0.3) is 0 Å². The molecule has 2 atom stereocenters. The molecule has 1 heterocycles. The fraction of sp³-hybridized carbons (Fsp3) is 0.455. The average molecular weight is 417 g/mol. The molecule has 0 aromatic heterocycles. The van der Waals surface area contributed by atoms with Gasteiger partial charge in [-0.3, -0.25) is 9.80 Å². The van der Waals surface area contributed by atoms with Gasteiger partial charge in [-0.25, -0.2) is 4.39 Å². The van der Waals surface area contributed by atoms with E-state index in [4.69, 9.17) is 0 Å². The second kappa shape index (κ2) is 6.74. The van der Waals surface area contributed by atoms with Crippen molar-refractivity contribution in [1.29, 1.82) is 0 Å². The van der Waals surface area contributed by atoms with Gasteiger partial charge in [-0.15, -0.1) is 0 Å². The van der Waals surface area contributed by atoms with E-state index in [1.807, 2.05) is 12.1 Å². The van der Waals surface area contributed by atoms with Crippen molar-refractivity contribution in [3.8, 4) is 0 Å². The molecule has 0 radical (unpaired) electrons. The van der Waals surface area contributed by atoms with Gasteiger partial charge >= 0.3 is 0 Å². The van der Waals surface area contributed by atoms with Gasteiger partial charge in [-0.1, -0.05) is 34.1 Å². The summed E-state index contributed by atoms with van der Waals surface area (Å²) in [4.78, 5) is 5.10. The minimum absolute atomic E-state index is 0.167. The molecule has 2 nitrogen and oxygen atoms in total. The van der Waals surface area contributed by atoms with Gasteiger partial charge in [0, 0.05) is 41.6 Å². The van der Waals surface area contributed by atoms with E-state index in [1.165, 1.54) is 16.7 Å². The highest BCUT2D eigenvalue weighted by Crippen LogP contribution is 2.48. The summed E-state index contributed by atoms with van der Waals surface area (Å²) < 4.78 is 14.5. The summed E-state index contributed by atoms with van der Waals surface area (Å²) in [5, 5.41) is 0. The molecule has 4 rings (SSSR count). The first-order valence-corrected chi connectivity index (χ1v) is 10.1. The molecule has 2 aliphatic rings. The van der Waals surface area contributed by atoms with E-state index >= 15 is 0 Å². The molecule has 2 aromatic carbocycles. The van der Waals surface area contributed by atoms with Crippen molar-refractivity contribution in [3.63, 3.8) is 0 Å². The first kappa shape index (κ1) is 18.1. The van der Waals surface area contributed by atoms with Crippen LogP contribution in [0.15, 0.2) is 46.9 Å². The van der Waals surface area contributed by atoms with E-state index in [0.29, 0.717) is 12.0 Å². The number of rotatable bonds is 2. The summed E-state index contributed by atoms with van der Waals surface area (Å²) in [6.45, 7) is 7.90. The lowest BCUT2D eigenvalue weighted by Gasteiger charge is -2.47. The molecule has 0 saturated carbocycles. The number of nitrogens with zero attached hydrogens (tertiary/aromatic N) is 2. The highest BCUT2D eigenvalue weighted by atomic mass is 79.9. The van der Waals surface area contributed by atoms with Gasteiger partial charge in [0.05, 0.1) is 0 Å². The molecule has 1 aliphatic heterocycles. The van der Waals surface area contributed by atoms with Crippen LogP contribution in [-0.2, 0) is 0 Å². The van der Waals surface area contributed by atoms with Crippen LogP contribution < -0.4 is 0 Å². The van der Waals surface area contributed by atoms with E-state index in [2.05, 4.69) is 64.8 Å². The zero-order chi connectivity index (χ0) is 18.5. The molecule has 1 fully saturated rings. The molecule has 2 aromatic rings. The lowest BCUT2D eigenvalue weighted by Crippen LogP contribution is -2.58. The summed E-state index contributed by atoms with van der Waals surface area (Å²) in [6, 6.07) is 14.1. The van der Waals surface area contributed by atoms with Crippen molar-refractivity contribution in [3.05, 3.63) is 69.4 Å². The number of piperazine rings is 1. The summed E-state index contributed by atoms with van der Waals surface area (Å²) >= 11 is 3.66. The Morgan fingerprint density at radius 1 is 1.04 bits per heavy atom. The van der Waals surface area contributed by atoms with E-state index in [0.717, 1.165) is 30.5 Å². The van der Waals surface area contributed by atoms with E-state index in [1.54, 1.807) is 12.1 Å². The Kier molecular flexibility index (Phi) is 4.70. The van der Waals surface area contributed by atoms with E-state index in [9.17, 15) is 4.39 Å². The topological polar surface area (TPSA) is 6.48 Å². The third-order valence-corrected chi connectivity index (χ3v) is 6.79. The van der Waals surface area contributed by atoms with Crippen LogP contribution >= 0.6 is 15.9 Å². The number of hydrogen-bond acceptors (Lipinski definition) is 2. The third-order valence-electron chi connectivity index (χ3n) is 6.30. The van der Waals surface area contributed by atoms with Crippen molar-refractivity contribution in [2.75, 3.05) is 26.7 Å². The van der Waals surface area contributed by atoms with Gasteiger partial charge in [-0.2, -0.15) is 0 Å². The maximum Gasteiger partial charge on any atom is 0.123 e. The monoisotopic (exact) mass is 416 g/mol. The Labute approximate surface area is 164 Å². The maximum absolute atomic E-state index is 13.4. The van der Waals surface area contributed by atoms with Crippen LogP contribution in [0.3, 0.4) is 0 Å². The second-order valence-corrected chi connectivity index (χ2v) is 9.25. The maximum atomic E-state index is 13.4. The first-order valence-electron chi connectivity index (χ1n) is 9.35. The highest BCUT2D eigenvalue weighted by Gasteiger charge is 2.40. The summed E-state index contributed by atoms with van der Waals surface area (Å²) in [7, 11) is 2.22. The van der Waals surface area contributed by atoms with Gasteiger partial charge in [0.15, 0.2) is 0 Å². The van der Waals surface area contributed by atoms with Crippen LogP contribution in [0.1, 0.15) is 48.9 Å². The zero-order valence-electron chi connectivity index (χ0n) is 15.7. The number of fused-ring (bicyclic) bond motifs is 1. The van der Waals surface area contributed by atoms with Crippen LogP contribution in [-0.4, -0.2) is 42.0 Å². The molecule has 0 N–H and O–H groups in total. The minimum Gasteiger partial charge on any atom is -0.299 e. The van der Waals surface area contributed by atoms with Crippen LogP contribution in [0.5, 0.6) is 0 Å². The number of likely N-dealkylation sites (N-methyl/N-ethyl adjacent to an activating group) is 1. The van der Waals surface area contributed by atoms with Crippen LogP contribution in [0, 0.1) is 5.82 Å². The first-order chi connectivity index (χ1) is 12.3. The molecule has 26 heavy (non-hydrogen) atoms. The molecule has 0 bridgehead atoms. The lowest BCUT2D eigenvalue weighted by molar-refractivity contribution is 0.0158. The Morgan fingerprint density at radius 3 is 2.46 bits per heavy atom. The Bertz CT molecular complexity index is 802. The minimum atomic E-state index is -0.167. The molecule has 0 amide bonds. The number of benzene rings is 2. The largest absolute Gasteiger partial charge is 0.299 e. The van der Waals surface area contributed by atoms with Crippen molar-refractivity contribution < 1.29 is 4.39 Å². The highest BCUT2D eigenvalue weighted by molar-refractivity contribution is 9.10. The lowest BCUT2D eigenvalue weighted by atomic mass is 9.93. The normalized spacial score (nSPS) is 26.0. The van der Waals surface area contributed by atoms with Crippen molar-refractivity contribution >= 4 is 15.9 Å². The molecule has 0 spiro atoms. The molecule has 0 unspecified atom stereocenters. The van der Waals surface area contributed by atoms with Crippen molar-refractivity contribution in [2.24, 2.45) is 0 Å². The van der Waals surface area contributed by atoms with Gasteiger partial charge in [-0.05, 0) is 68.3 Å². The van der Waals surface area contributed by atoms with Crippen molar-refractivity contribution in [1.82, 2.24) is 9.80 Å². The molecule has 1 saturated heterocycles. The van der Waals surface area contributed by atoms with E-state index in [-0.39, 0.29) is 11.4 Å². The smallest absolute Gasteiger partial charge is 0.123 e. The predicted molar refractivity (Wildman–Crippen MR) is 108 cm³/mol. The second-order valence-electron chi connectivity index (χ2n) is 8.33. The summed E-state index contributed by atoms with van der Waals surface area (Å²) in [5.41, 5.74) is 4.21. The van der Waals surface area contributed by atoms with Crippen LogP contribution in [0.4, 0.5) is 4.39 Å². The zero-order valence-corrected chi connectivity index (χ0v) is 17.3. The van der Waals surface area contributed by atoms with Crippen molar-refractivity contribution in [2.45, 2.75) is 37.8 Å².